The van der Waals surface area contributed by atoms with Gasteiger partial charge in [-0.3, -0.25) is 4.79 Å². The molecule has 1 atom stereocenters. The smallest absolute Gasteiger partial charge is 0.235 e. The highest BCUT2D eigenvalue weighted by atomic mass is 35.5. The third-order valence-corrected chi connectivity index (χ3v) is 3.71. The molecule has 1 aromatic carbocycles. The van der Waals surface area contributed by atoms with Gasteiger partial charge in [-0.2, -0.15) is 0 Å². The Kier molecular flexibility index (Phi) is 4.43. The Morgan fingerprint density at radius 1 is 1.29 bits per heavy atom. The van der Waals surface area contributed by atoms with Crippen molar-refractivity contribution < 1.29 is 4.79 Å². The number of hydrogen-bond donors (Lipinski definition) is 1. The van der Waals surface area contributed by atoms with E-state index < -0.39 is 0 Å². The Balaban J connectivity index is 2.14. The Labute approximate surface area is 107 Å². The van der Waals surface area contributed by atoms with Crippen LogP contribution in [-0.2, 0) is 4.79 Å². The summed E-state index contributed by atoms with van der Waals surface area (Å²) in [4.78, 5) is 11.5. The lowest BCUT2D eigenvalue weighted by molar-refractivity contribution is -0.119. The van der Waals surface area contributed by atoms with Gasteiger partial charge in [0.2, 0.25) is 5.91 Å². The van der Waals surface area contributed by atoms with Gasteiger partial charge in [0, 0.05) is 0 Å². The van der Waals surface area contributed by atoms with E-state index in [9.17, 15) is 4.79 Å². The summed E-state index contributed by atoms with van der Waals surface area (Å²) in [5.74, 6) is 0.521. The molecule has 92 valence electrons. The van der Waals surface area contributed by atoms with Gasteiger partial charge < -0.3 is 5.32 Å². The maximum atomic E-state index is 11.5. The van der Waals surface area contributed by atoms with Gasteiger partial charge in [-0.1, -0.05) is 43.2 Å². The molecule has 3 heteroatoms. The van der Waals surface area contributed by atoms with E-state index in [0.717, 1.165) is 0 Å². The van der Waals surface area contributed by atoms with Gasteiger partial charge in [0.15, 0.2) is 0 Å². The second-order valence-corrected chi connectivity index (χ2v) is 4.90. The van der Waals surface area contributed by atoms with Crippen LogP contribution in [0.5, 0.6) is 0 Å². The second kappa shape index (κ2) is 6.06. The molecule has 0 spiro atoms. The Morgan fingerprint density at radius 3 is 2.53 bits per heavy atom. The van der Waals surface area contributed by atoms with Crippen molar-refractivity contribution in [1.29, 1.82) is 0 Å². The molecule has 1 aliphatic rings. The van der Waals surface area contributed by atoms with E-state index in [1.807, 2.05) is 18.2 Å². The number of carbonyl (C=O) groups is 1. The molecule has 0 bridgehead atoms. The summed E-state index contributed by atoms with van der Waals surface area (Å²) in [5.41, 5.74) is 1.19. The molecule has 1 amide bonds. The molecular weight excluding hydrogens is 234 g/mol. The lowest BCUT2D eigenvalue weighted by Crippen LogP contribution is -2.33. The van der Waals surface area contributed by atoms with Crippen molar-refractivity contribution in [1.82, 2.24) is 5.32 Å². The number of alkyl halides is 1. The summed E-state index contributed by atoms with van der Waals surface area (Å²) in [6, 6.07) is 10.3. The fourth-order valence-electron chi connectivity index (χ4n) is 2.64. The molecular formula is C14H18ClNO. The summed E-state index contributed by atoms with van der Waals surface area (Å²) in [6.07, 6.45) is 4.93. The molecule has 1 aromatic rings. The first-order valence-corrected chi connectivity index (χ1v) is 6.75. The van der Waals surface area contributed by atoms with Crippen molar-refractivity contribution in [3.05, 3.63) is 35.9 Å². The summed E-state index contributed by atoms with van der Waals surface area (Å²) in [6.45, 7) is 0. The standard InChI is InChI=1S/C14H18ClNO/c15-10-13(17)16-14(12-8-4-5-9-12)11-6-2-1-3-7-11/h1-3,6-7,12,14H,4-5,8-10H2,(H,16,17)/t14-/m1/s1. The fourth-order valence-corrected chi connectivity index (χ4v) is 2.71. The van der Waals surface area contributed by atoms with E-state index >= 15 is 0 Å². The first-order chi connectivity index (χ1) is 8.31. The van der Waals surface area contributed by atoms with E-state index in [1.165, 1.54) is 31.2 Å². The number of benzene rings is 1. The van der Waals surface area contributed by atoms with Crippen LogP contribution in [0.1, 0.15) is 37.3 Å². The van der Waals surface area contributed by atoms with Crippen molar-refractivity contribution in [2.75, 3.05) is 5.88 Å². The SMILES string of the molecule is O=C(CCl)N[C@H](c1ccccc1)C1CCCC1. The van der Waals surface area contributed by atoms with Crippen LogP contribution in [0.4, 0.5) is 0 Å². The minimum absolute atomic E-state index is 0.0378. The first kappa shape index (κ1) is 12.4. The molecule has 0 heterocycles. The van der Waals surface area contributed by atoms with Crippen molar-refractivity contribution in [3.8, 4) is 0 Å². The largest absolute Gasteiger partial charge is 0.348 e. The van der Waals surface area contributed by atoms with E-state index in [1.54, 1.807) is 0 Å². The summed E-state index contributed by atoms with van der Waals surface area (Å²) < 4.78 is 0. The first-order valence-electron chi connectivity index (χ1n) is 6.21. The third-order valence-electron chi connectivity index (χ3n) is 3.47. The van der Waals surface area contributed by atoms with Crippen LogP contribution in [0.3, 0.4) is 0 Å². The van der Waals surface area contributed by atoms with Crippen LogP contribution >= 0.6 is 11.6 Å². The van der Waals surface area contributed by atoms with Crippen LogP contribution in [0.15, 0.2) is 30.3 Å². The van der Waals surface area contributed by atoms with E-state index in [4.69, 9.17) is 11.6 Å². The highest BCUT2D eigenvalue weighted by molar-refractivity contribution is 6.27. The topological polar surface area (TPSA) is 29.1 Å². The van der Waals surface area contributed by atoms with E-state index in [0.29, 0.717) is 5.92 Å². The molecule has 17 heavy (non-hydrogen) atoms. The predicted molar refractivity (Wildman–Crippen MR) is 70.0 cm³/mol. The average Bonchev–Trinajstić information content (AvgIpc) is 2.90. The van der Waals surface area contributed by atoms with Gasteiger partial charge in [-0.15, -0.1) is 11.6 Å². The summed E-state index contributed by atoms with van der Waals surface area (Å²) >= 11 is 5.58. The molecule has 1 saturated carbocycles. The van der Waals surface area contributed by atoms with Crippen molar-refractivity contribution in [2.45, 2.75) is 31.7 Å². The van der Waals surface area contributed by atoms with Crippen LogP contribution in [0, 0.1) is 5.92 Å². The number of nitrogens with one attached hydrogen (secondary N) is 1. The molecule has 2 nitrogen and oxygen atoms in total. The van der Waals surface area contributed by atoms with Gasteiger partial charge in [0.1, 0.15) is 5.88 Å². The van der Waals surface area contributed by atoms with Crippen LogP contribution in [0.25, 0.3) is 0 Å². The van der Waals surface area contributed by atoms with Crippen molar-refractivity contribution in [3.63, 3.8) is 0 Å². The molecule has 0 saturated heterocycles. The number of hydrogen-bond acceptors (Lipinski definition) is 1. The zero-order valence-corrected chi connectivity index (χ0v) is 10.6. The zero-order chi connectivity index (χ0) is 12.1. The van der Waals surface area contributed by atoms with Gasteiger partial charge in [0.25, 0.3) is 0 Å². The minimum Gasteiger partial charge on any atom is -0.348 e. The highest BCUT2D eigenvalue weighted by Gasteiger charge is 2.27. The van der Waals surface area contributed by atoms with Gasteiger partial charge >= 0.3 is 0 Å². The Hall–Kier alpha value is -1.02. The fraction of sp³-hybridized carbons (Fsp3) is 0.500. The van der Waals surface area contributed by atoms with Crippen molar-refractivity contribution >= 4 is 17.5 Å². The number of carbonyl (C=O) groups excluding carboxylic acids is 1. The average molecular weight is 252 g/mol. The summed E-state index contributed by atoms with van der Waals surface area (Å²) in [7, 11) is 0. The molecule has 1 aliphatic carbocycles. The Morgan fingerprint density at radius 2 is 1.94 bits per heavy atom. The van der Waals surface area contributed by atoms with Gasteiger partial charge in [-0.05, 0) is 24.3 Å². The third kappa shape index (κ3) is 3.22. The monoisotopic (exact) mass is 251 g/mol. The molecule has 1 N–H and O–H groups in total. The maximum Gasteiger partial charge on any atom is 0.235 e. The van der Waals surface area contributed by atoms with E-state index in [-0.39, 0.29) is 17.8 Å². The molecule has 1 fully saturated rings. The van der Waals surface area contributed by atoms with Crippen LogP contribution in [-0.4, -0.2) is 11.8 Å². The van der Waals surface area contributed by atoms with E-state index in [2.05, 4.69) is 17.4 Å². The lowest BCUT2D eigenvalue weighted by Gasteiger charge is -2.24. The molecule has 0 unspecified atom stereocenters. The Bertz CT molecular complexity index is 360. The molecule has 0 aromatic heterocycles. The molecule has 2 rings (SSSR count). The van der Waals surface area contributed by atoms with Crippen LogP contribution in [0.2, 0.25) is 0 Å². The molecule has 0 radical (unpaired) electrons. The predicted octanol–water partition coefficient (Wildman–Crippen LogP) is 3.27. The zero-order valence-electron chi connectivity index (χ0n) is 9.86. The van der Waals surface area contributed by atoms with Crippen LogP contribution < -0.4 is 5.32 Å². The molecule has 0 aliphatic heterocycles. The maximum absolute atomic E-state index is 11.5. The van der Waals surface area contributed by atoms with Crippen molar-refractivity contribution in [2.24, 2.45) is 5.92 Å². The minimum atomic E-state index is -0.0765. The van der Waals surface area contributed by atoms with Gasteiger partial charge in [0.05, 0.1) is 6.04 Å². The van der Waals surface area contributed by atoms with Gasteiger partial charge in [-0.25, -0.2) is 0 Å². The highest BCUT2D eigenvalue weighted by Crippen LogP contribution is 2.35. The number of rotatable bonds is 4. The number of amides is 1. The second-order valence-electron chi connectivity index (χ2n) is 4.63. The lowest BCUT2D eigenvalue weighted by atomic mass is 9.91. The summed E-state index contributed by atoms with van der Waals surface area (Å²) in [5, 5.41) is 3.05. The normalized spacial score (nSPS) is 17.9. The number of halogens is 1. The quantitative estimate of drug-likeness (QED) is 0.818.